The second kappa shape index (κ2) is 6.78. The van der Waals surface area contributed by atoms with E-state index in [1.165, 1.54) is 19.3 Å². The highest BCUT2D eigenvalue weighted by Crippen LogP contribution is 2.39. The van der Waals surface area contributed by atoms with Crippen LogP contribution in [0.2, 0.25) is 0 Å². The zero-order chi connectivity index (χ0) is 14.5. The van der Waals surface area contributed by atoms with Gasteiger partial charge in [-0.25, -0.2) is 0 Å². The Morgan fingerprint density at radius 2 is 1.95 bits per heavy atom. The Hall–Kier alpha value is -1.51. The van der Waals surface area contributed by atoms with Crippen molar-refractivity contribution in [3.8, 4) is 5.75 Å². The number of hydrogen-bond donors (Lipinski definition) is 2. The van der Waals surface area contributed by atoms with Crippen molar-refractivity contribution in [1.29, 1.82) is 0 Å². The fourth-order valence-corrected chi connectivity index (χ4v) is 3.18. The van der Waals surface area contributed by atoms with Crippen molar-refractivity contribution in [3.63, 3.8) is 0 Å². The maximum Gasteiger partial charge on any atom is 0.303 e. The number of carboxylic acids is 1. The molecule has 3 nitrogen and oxygen atoms in total. The van der Waals surface area contributed by atoms with Gasteiger partial charge in [-0.3, -0.25) is 4.79 Å². The number of rotatable bonds is 5. The lowest BCUT2D eigenvalue weighted by molar-refractivity contribution is -0.136. The second-order valence-corrected chi connectivity index (χ2v) is 5.78. The fourth-order valence-electron chi connectivity index (χ4n) is 3.18. The number of carbonyl (C=O) groups is 1. The van der Waals surface area contributed by atoms with Gasteiger partial charge in [0.25, 0.3) is 0 Å². The van der Waals surface area contributed by atoms with Crippen LogP contribution < -0.4 is 0 Å². The van der Waals surface area contributed by atoms with Crippen molar-refractivity contribution in [2.75, 3.05) is 0 Å². The molecule has 1 aromatic rings. The van der Waals surface area contributed by atoms with Crippen LogP contribution in [0.1, 0.15) is 68.1 Å². The zero-order valence-electron chi connectivity index (χ0n) is 12.2. The van der Waals surface area contributed by atoms with Crippen molar-refractivity contribution >= 4 is 5.97 Å². The van der Waals surface area contributed by atoms with E-state index in [1.807, 2.05) is 19.1 Å². The van der Waals surface area contributed by atoms with Gasteiger partial charge in [0, 0.05) is 6.42 Å². The smallest absolute Gasteiger partial charge is 0.303 e. The molecule has 20 heavy (non-hydrogen) atoms. The summed E-state index contributed by atoms with van der Waals surface area (Å²) >= 11 is 0. The number of phenols is 1. The van der Waals surface area contributed by atoms with Crippen LogP contribution in [0.5, 0.6) is 5.75 Å². The topological polar surface area (TPSA) is 57.5 Å². The first-order chi connectivity index (χ1) is 9.61. The standard InChI is InChI=1S/C17H24O3/c1-2-13-10-12(8-9-16(18)19)11-15(17(13)20)14-6-4-3-5-7-14/h10-11,14,20H,2-9H2,1H3,(H,18,19). The molecule has 1 aromatic carbocycles. The summed E-state index contributed by atoms with van der Waals surface area (Å²) in [6.45, 7) is 2.03. The van der Waals surface area contributed by atoms with Crippen molar-refractivity contribution < 1.29 is 15.0 Å². The molecule has 0 atom stereocenters. The van der Waals surface area contributed by atoms with Gasteiger partial charge in [-0.2, -0.15) is 0 Å². The summed E-state index contributed by atoms with van der Waals surface area (Å²) < 4.78 is 0. The van der Waals surface area contributed by atoms with E-state index < -0.39 is 5.97 Å². The first-order valence-electron chi connectivity index (χ1n) is 7.68. The average molecular weight is 276 g/mol. The number of benzene rings is 1. The van der Waals surface area contributed by atoms with Gasteiger partial charge < -0.3 is 10.2 Å². The number of aryl methyl sites for hydroxylation is 2. The largest absolute Gasteiger partial charge is 0.507 e. The molecule has 2 N–H and O–H groups in total. The fraction of sp³-hybridized carbons (Fsp3) is 0.588. The van der Waals surface area contributed by atoms with Crippen molar-refractivity contribution in [2.24, 2.45) is 0 Å². The molecule has 0 heterocycles. The van der Waals surface area contributed by atoms with E-state index in [0.29, 0.717) is 18.1 Å². The number of phenolic OH excluding ortho intramolecular Hbond substituents is 1. The number of aromatic hydroxyl groups is 1. The van der Waals surface area contributed by atoms with Gasteiger partial charge in [0.05, 0.1) is 0 Å². The molecular formula is C17H24O3. The normalized spacial score (nSPS) is 16.2. The monoisotopic (exact) mass is 276 g/mol. The van der Waals surface area contributed by atoms with Crippen molar-refractivity contribution in [2.45, 2.75) is 64.2 Å². The summed E-state index contributed by atoms with van der Waals surface area (Å²) in [6, 6.07) is 4.00. The summed E-state index contributed by atoms with van der Waals surface area (Å²) in [7, 11) is 0. The molecule has 1 aliphatic rings. The van der Waals surface area contributed by atoms with Crippen LogP contribution in [0, 0.1) is 0 Å². The predicted octanol–water partition coefficient (Wildman–Crippen LogP) is 4.02. The van der Waals surface area contributed by atoms with E-state index in [1.54, 1.807) is 0 Å². The first-order valence-corrected chi connectivity index (χ1v) is 7.68. The van der Waals surface area contributed by atoms with Crippen LogP contribution in [0.4, 0.5) is 0 Å². The van der Waals surface area contributed by atoms with Gasteiger partial charge in [0.1, 0.15) is 5.75 Å². The molecule has 3 heteroatoms. The molecule has 1 fully saturated rings. The molecule has 0 unspecified atom stereocenters. The molecule has 110 valence electrons. The highest BCUT2D eigenvalue weighted by molar-refractivity contribution is 5.67. The van der Waals surface area contributed by atoms with Gasteiger partial charge >= 0.3 is 5.97 Å². The number of aliphatic carboxylic acids is 1. The SMILES string of the molecule is CCc1cc(CCC(=O)O)cc(C2CCCCC2)c1O. The Morgan fingerprint density at radius 3 is 2.55 bits per heavy atom. The summed E-state index contributed by atoms with van der Waals surface area (Å²) in [4.78, 5) is 10.7. The predicted molar refractivity (Wildman–Crippen MR) is 79.3 cm³/mol. The summed E-state index contributed by atoms with van der Waals surface area (Å²) in [5, 5.41) is 19.3. The maximum atomic E-state index is 10.7. The van der Waals surface area contributed by atoms with Crippen LogP contribution in [0.15, 0.2) is 12.1 Å². The van der Waals surface area contributed by atoms with Crippen molar-refractivity contribution in [1.82, 2.24) is 0 Å². The van der Waals surface area contributed by atoms with Crippen LogP contribution in [-0.4, -0.2) is 16.2 Å². The van der Waals surface area contributed by atoms with Crippen LogP contribution in [0.3, 0.4) is 0 Å². The van der Waals surface area contributed by atoms with Gasteiger partial charge in [-0.15, -0.1) is 0 Å². The quantitative estimate of drug-likeness (QED) is 0.854. The first kappa shape index (κ1) is 14.9. The lowest BCUT2D eigenvalue weighted by atomic mass is 9.82. The van der Waals surface area contributed by atoms with Gasteiger partial charge in [-0.1, -0.05) is 38.3 Å². The van der Waals surface area contributed by atoms with E-state index in [2.05, 4.69) is 0 Å². The van der Waals surface area contributed by atoms with E-state index in [4.69, 9.17) is 5.11 Å². The second-order valence-electron chi connectivity index (χ2n) is 5.78. The minimum absolute atomic E-state index is 0.151. The molecule has 1 aliphatic carbocycles. The Bertz CT molecular complexity index is 473. The van der Waals surface area contributed by atoms with E-state index in [9.17, 15) is 9.90 Å². The van der Waals surface area contributed by atoms with Crippen LogP contribution >= 0.6 is 0 Å². The molecule has 1 saturated carbocycles. The number of hydrogen-bond acceptors (Lipinski definition) is 2. The molecular weight excluding hydrogens is 252 g/mol. The average Bonchev–Trinajstić information content (AvgIpc) is 2.47. The zero-order valence-corrected chi connectivity index (χ0v) is 12.2. The third-order valence-electron chi connectivity index (χ3n) is 4.33. The molecule has 0 aliphatic heterocycles. The highest BCUT2D eigenvalue weighted by Gasteiger charge is 2.20. The van der Waals surface area contributed by atoms with E-state index in [-0.39, 0.29) is 6.42 Å². The molecule has 0 bridgehead atoms. The van der Waals surface area contributed by atoms with Crippen LogP contribution in [-0.2, 0) is 17.6 Å². The molecule has 2 rings (SSSR count). The minimum atomic E-state index is -0.768. The van der Waals surface area contributed by atoms with E-state index >= 15 is 0 Å². The Kier molecular flexibility index (Phi) is 5.05. The molecule has 0 spiro atoms. The van der Waals surface area contributed by atoms with Crippen molar-refractivity contribution in [3.05, 3.63) is 28.8 Å². The third kappa shape index (κ3) is 3.53. The molecule has 0 radical (unpaired) electrons. The highest BCUT2D eigenvalue weighted by atomic mass is 16.4. The minimum Gasteiger partial charge on any atom is -0.507 e. The Balaban J connectivity index is 2.27. The van der Waals surface area contributed by atoms with Gasteiger partial charge in [0.15, 0.2) is 0 Å². The Labute approximate surface area is 120 Å². The molecule has 0 saturated heterocycles. The lowest BCUT2D eigenvalue weighted by Gasteiger charge is -2.24. The molecule has 0 amide bonds. The summed E-state index contributed by atoms with van der Waals surface area (Å²) in [6.07, 6.45) is 7.50. The molecule has 0 aromatic heterocycles. The number of carboxylic acid groups (broad SMARTS) is 1. The summed E-state index contributed by atoms with van der Waals surface area (Å²) in [5.41, 5.74) is 3.04. The van der Waals surface area contributed by atoms with Gasteiger partial charge in [0.2, 0.25) is 0 Å². The maximum absolute atomic E-state index is 10.7. The van der Waals surface area contributed by atoms with Crippen LogP contribution in [0.25, 0.3) is 0 Å². The lowest BCUT2D eigenvalue weighted by Crippen LogP contribution is -2.07. The third-order valence-corrected chi connectivity index (χ3v) is 4.33. The summed E-state index contributed by atoms with van der Waals surface area (Å²) in [5.74, 6) is 0.118. The Morgan fingerprint density at radius 1 is 1.25 bits per heavy atom. The van der Waals surface area contributed by atoms with E-state index in [0.717, 1.165) is 36.0 Å². The van der Waals surface area contributed by atoms with Gasteiger partial charge in [-0.05, 0) is 48.3 Å².